The zero-order valence-corrected chi connectivity index (χ0v) is 12.4. The summed E-state index contributed by atoms with van der Waals surface area (Å²) in [5.41, 5.74) is 8.11. The normalized spacial score (nSPS) is 10.5. The minimum atomic E-state index is -0.681. The fraction of sp³-hybridized carbons (Fsp3) is 0.154. The molecule has 0 spiro atoms. The van der Waals surface area contributed by atoms with E-state index in [0.29, 0.717) is 17.1 Å². The van der Waals surface area contributed by atoms with E-state index in [9.17, 15) is 10.1 Å². The summed E-state index contributed by atoms with van der Waals surface area (Å²) in [5, 5.41) is 14.9. The van der Waals surface area contributed by atoms with Crippen molar-refractivity contribution in [1.29, 1.82) is 0 Å². The quantitative estimate of drug-likeness (QED) is 0.463. The summed E-state index contributed by atoms with van der Waals surface area (Å²) in [6, 6.07) is 5.15. The molecular weight excluding hydrogens is 304 g/mol. The van der Waals surface area contributed by atoms with Crippen LogP contribution in [0.3, 0.4) is 0 Å². The SMILES string of the molecule is COc1ccc(OC)c(C=NNc2ncnc(N)c2[N+](=O)[O-])c1. The first-order chi connectivity index (χ1) is 11.1. The van der Waals surface area contributed by atoms with Gasteiger partial charge in [0.1, 0.15) is 17.8 Å². The predicted molar refractivity (Wildman–Crippen MR) is 83.9 cm³/mol. The minimum absolute atomic E-state index is 0.111. The Bertz CT molecular complexity index is 749. The summed E-state index contributed by atoms with van der Waals surface area (Å²) < 4.78 is 10.3. The number of rotatable bonds is 6. The average Bonchev–Trinajstić information content (AvgIpc) is 2.54. The summed E-state index contributed by atoms with van der Waals surface area (Å²) in [4.78, 5) is 17.6. The van der Waals surface area contributed by atoms with Gasteiger partial charge < -0.3 is 15.2 Å². The maximum absolute atomic E-state index is 11.0. The fourth-order valence-corrected chi connectivity index (χ4v) is 1.76. The van der Waals surface area contributed by atoms with Crippen LogP contribution < -0.4 is 20.6 Å². The number of hydrazone groups is 1. The number of nitrogen functional groups attached to an aromatic ring is 1. The van der Waals surface area contributed by atoms with Crippen molar-refractivity contribution in [3.63, 3.8) is 0 Å². The summed E-state index contributed by atoms with van der Waals surface area (Å²) in [5.74, 6) is 0.819. The van der Waals surface area contributed by atoms with Gasteiger partial charge in [-0.1, -0.05) is 0 Å². The summed E-state index contributed by atoms with van der Waals surface area (Å²) in [6.45, 7) is 0. The molecule has 23 heavy (non-hydrogen) atoms. The zero-order valence-electron chi connectivity index (χ0n) is 12.4. The highest BCUT2D eigenvalue weighted by Gasteiger charge is 2.20. The van der Waals surface area contributed by atoms with E-state index in [2.05, 4.69) is 20.5 Å². The van der Waals surface area contributed by atoms with Crippen molar-refractivity contribution in [1.82, 2.24) is 9.97 Å². The zero-order chi connectivity index (χ0) is 16.8. The highest BCUT2D eigenvalue weighted by atomic mass is 16.6. The molecule has 1 aromatic heterocycles. The lowest BCUT2D eigenvalue weighted by Crippen LogP contribution is -2.05. The molecule has 0 amide bonds. The van der Waals surface area contributed by atoms with E-state index in [1.54, 1.807) is 18.2 Å². The maximum atomic E-state index is 11.0. The van der Waals surface area contributed by atoms with Crippen molar-refractivity contribution in [2.45, 2.75) is 0 Å². The van der Waals surface area contributed by atoms with Gasteiger partial charge in [-0.2, -0.15) is 5.10 Å². The number of nitrogens with zero attached hydrogens (tertiary/aromatic N) is 4. The first-order valence-corrected chi connectivity index (χ1v) is 6.32. The van der Waals surface area contributed by atoms with E-state index in [0.717, 1.165) is 6.33 Å². The molecule has 0 saturated carbocycles. The largest absolute Gasteiger partial charge is 0.497 e. The number of aromatic nitrogens is 2. The molecule has 0 aliphatic rings. The van der Waals surface area contributed by atoms with Gasteiger partial charge in [-0.15, -0.1) is 0 Å². The lowest BCUT2D eigenvalue weighted by Gasteiger charge is -2.07. The van der Waals surface area contributed by atoms with Crippen LogP contribution in [0.4, 0.5) is 17.3 Å². The molecule has 0 atom stereocenters. The molecule has 3 N–H and O–H groups in total. The minimum Gasteiger partial charge on any atom is -0.497 e. The van der Waals surface area contributed by atoms with Crippen LogP contribution in [0.5, 0.6) is 11.5 Å². The Morgan fingerprint density at radius 1 is 1.35 bits per heavy atom. The second-order valence-corrected chi connectivity index (χ2v) is 4.19. The molecule has 0 unspecified atom stereocenters. The predicted octanol–water partition coefficient (Wildman–Crippen LogP) is 1.43. The molecular formula is C13H14N6O4. The Hall–Kier alpha value is -3.43. The molecule has 0 saturated heterocycles. The molecule has 0 bridgehead atoms. The van der Waals surface area contributed by atoms with Crippen LogP contribution in [-0.4, -0.2) is 35.3 Å². The summed E-state index contributed by atoms with van der Waals surface area (Å²) in [7, 11) is 3.05. The summed E-state index contributed by atoms with van der Waals surface area (Å²) in [6.07, 6.45) is 2.52. The Labute approximate surface area is 131 Å². The van der Waals surface area contributed by atoms with E-state index in [1.165, 1.54) is 20.4 Å². The van der Waals surface area contributed by atoms with Gasteiger partial charge >= 0.3 is 5.69 Å². The molecule has 1 heterocycles. The third-order valence-corrected chi connectivity index (χ3v) is 2.84. The van der Waals surface area contributed by atoms with Crippen molar-refractivity contribution in [3.05, 3.63) is 40.2 Å². The number of nitrogens with one attached hydrogen (secondary N) is 1. The van der Waals surface area contributed by atoms with Gasteiger partial charge in [-0.05, 0) is 18.2 Å². The highest BCUT2D eigenvalue weighted by molar-refractivity contribution is 5.85. The topological polar surface area (TPSA) is 138 Å². The van der Waals surface area contributed by atoms with Gasteiger partial charge in [0.05, 0.1) is 25.4 Å². The Kier molecular flexibility index (Phi) is 4.87. The number of nitro groups is 1. The van der Waals surface area contributed by atoms with Crippen LogP contribution in [0.25, 0.3) is 0 Å². The van der Waals surface area contributed by atoms with E-state index in [4.69, 9.17) is 15.2 Å². The van der Waals surface area contributed by atoms with Gasteiger partial charge in [-0.25, -0.2) is 9.97 Å². The van der Waals surface area contributed by atoms with Gasteiger partial charge in [0.25, 0.3) is 0 Å². The van der Waals surface area contributed by atoms with Crippen molar-refractivity contribution >= 4 is 23.5 Å². The Morgan fingerprint density at radius 2 is 2.13 bits per heavy atom. The van der Waals surface area contributed by atoms with Crippen molar-refractivity contribution in [3.8, 4) is 11.5 Å². The van der Waals surface area contributed by atoms with E-state index in [-0.39, 0.29) is 11.6 Å². The molecule has 120 valence electrons. The van der Waals surface area contributed by atoms with Gasteiger partial charge in [0, 0.05) is 5.56 Å². The third-order valence-electron chi connectivity index (χ3n) is 2.84. The maximum Gasteiger partial charge on any atom is 0.354 e. The number of nitrogens with two attached hydrogens (primary N) is 1. The third kappa shape index (κ3) is 3.61. The molecule has 0 aliphatic heterocycles. The van der Waals surface area contributed by atoms with E-state index in [1.807, 2.05) is 0 Å². The molecule has 0 radical (unpaired) electrons. The van der Waals surface area contributed by atoms with Crippen LogP contribution in [0, 0.1) is 10.1 Å². The monoisotopic (exact) mass is 318 g/mol. The molecule has 10 heteroatoms. The number of hydrogen-bond acceptors (Lipinski definition) is 9. The summed E-state index contributed by atoms with van der Waals surface area (Å²) >= 11 is 0. The standard InChI is InChI=1S/C13H14N6O4/c1-22-9-3-4-10(23-2)8(5-9)6-17-18-13-11(19(20)21)12(14)15-7-16-13/h3-7H,1-2H3,(H3,14,15,16,18). The molecule has 2 rings (SSSR count). The molecule has 2 aromatic rings. The first-order valence-electron chi connectivity index (χ1n) is 6.32. The molecule has 0 fully saturated rings. The average molecular weight is 318 g/mol. The second kappa shape index (κ2) is 7.02. The lowest BCUT2D eigenvalue weighted by atomic mass is 10.2. The van der Waals surface area contributed by atoms with Crippen LogP contribution in [0.1, 0.15) is 5.56 Å². The lowest BCUT2D eigenvalue weighted by molar-refractivity contribution is -0.383. The van der Waals surface area contributed by atoms with Crippen molar-refractivity contribution in [2.24, 2.45) is 5.10 Å². The van der Waals surface area contributed by atoms with Crippen LogP contribution in [-0.2, 0) is 0 Å². The van der Waals surface area contributed by atoms with Crippen molar-refractivity contribution < 1.29 is 14.4 Å². The molecule has 0 aliphatic carbocycles. The van der Waals surface area contributed by atoms with E-state index >= 15 is 0 Å². The van der Waals surface area contributed by atoms with Gasteiger partial charge in [-0.3, -0.25) is 15.5 Å². The smallest absolute Gasteiger partial charge is 0.354 e. The number of methoxy groups -OCH3 is 2. The van der Waals surface area contributed by atoms with Crippen LogP contribution >= 0.6 is 0 Å². The first kappa shape index (κ1) is 15.9. The van der Waals surface area contributed by atoms with Crippen molar-refractivity contribution in [2.75, 3.05) is 25.4 Å². The number of benzene rings is 1. The van der Waals surface area contributed by atoms with Gasteiger partial charge in [0.2, 0.25) is 11.6 Å². The highest BCUT2D eigenvalue weighted by Crippen LogP contribution is 2.26. The van der Waals surface area contributed by atoms with E-state index < -0.39 is 10.6 Å². The molecule has 10 nitrogen and oxygen atoms in total. The second-order valence-electron chi connectivity index (χ2n) is 4.19. The number of hydrogen-bond donors (Lipinski definition) is 2. The Morgan fingerprint density at radius 3 is 2.78 bits per heavy atom. The fourth-order valence-electron chi connectivity index (χ4n) is 1.76. The van der Waals surface area contributed by atoms with Crippen LogP contribution in [0.15, 0.2) is 29.6 Å². The van der Waals surface area contributed by atoms with Gasteiger partial charge in [0.15, 0.2) is 0 Å². The number of ether oxygens (including phenoxy) is 2. The Balaban J connectivity index is 2.26. The molecule has 1 aromatic carbocycles. The number of anilines is 2. The van der Waals surface area contributed by atoms with Crippen LogP contribution in [0.2, 0.25) is 0 Å².